The zero-order chi connectivity index (χ0) is 18.7. The van der Waals surface area contributed by atoms with Crippen LogP contribution in [0.25, 0.3) is 6.08 Å². The molecule has 3 rings (SSSR count). The molecule has 134 valence electrons. The van der Waals surface area contributed by atoms with Gasteiger partial charge in [0.2, 0.25) is 0 Å². The Kier molecular flexibility index (Phi) is 6.20. The molecule has 1 saturated heterocycles. The van der Waals surface area contributed by atoms with E-state index < -0.39 is 0 Å². The summed E-state index contributed by atoms with van der Waals surface area (Å²) in [5.41, 5.74) is 1.91. The Hall–Kier alpha value is -1.58. The Bertz CT molecular complexity index is 884. The molecule has 0 radical (unpaired) electrons. The van der Waals surface area contributed by atoms with Crippen LogP contribution in [0.1, 0.15) is 11.1 Å². The van der Waals surface area contributed by atoms with Crippen LogP contribution in [-0.2, 0) is 11.3 Å². The van der Waals surface area contributed by atoms with E-state index in [1.54, 1.807) is 19.1 Å². The predicted octanol–water partition coefficient (Wildman–Crippen LogP) is 4.71. The van der Waals surface area contributed by atoms with E-state index in [2.05, 4.69) is 22.6 Å². The SMILES string of the molecule is COc1cc(/C=C2\SC(=S)N(Cc3ccccc3)C2=O)cc(I)c1OC. The van der Waals surface area contributed by atoms with E-state index in [1.165, 1.54) is 11.8 Å². The fourth-order valence-corrected chi connectivity index (χ4v) is 4.68. The topological polar surface area (TPSA) is 38.8 Å². The molecule has 0 aromatic heterocycles. The van der Waals surface area contributed by atoms with Crippen molar-refractivity contribution in [2.75, 3.05) is 14.2 Å². The van der Waals surface area contributed by atoms with Crippen LogP contribution in [0.5, 0.6) is 11.5 Å². The Morgan fingerprint density at radius 2 is 1.92 bits per heavy atom. The van der Waals surface area contributed by atoms with Gasteiger partial charge in [0.15, 0.2) is 11.5 Å². The molecule has 0 atom stereocenters. The highest BCUT2D eigenvalue weighted by Crippen LogP contribution is 2.37. The van der Waals surface area contributed by atoms with Gasteiger partial charge in [0.05, 0.1) is 29.2 Å². The van der Waals surface area contributed by atoms with Crippen molar-refractivity contribution in [2.45, 2.75) is 6.54 Å². The molecule has 0 bridgehead atoms. The van der Waals surface area contributed by atoms with Crippen molar-refractivity contribution in [3.8, 4) is 11.5 Å². The lowest BCUT2D eigenvalue weighted by atomic mass is 10.1. The van der Waals surface area contributed by atoms with Gasteiger partial charge < -0.3 is 9.47 Å². The summed E-state index contributed by atoms with van der Waals surface area (Å²) in [7, 11) is 3.20. The molecule has 1 heterocycles. The molecule has 7 heteroatoms. The largest absolute Gasteiger partial charge is 0.493 e. The molecular weight excluding hydrogens is 481 g/mol. The van der Waals surface area contributed by atoms with E-state index in [9.17, 15) is 4.79 Å². The van der Waals surface area contributed by atoms with Gasteiger partial charge in [0.1, 0.15) is 4.32 Å². The highest BCUT2D eigenvalue weighted by molar-refractivity contribution is 14.1. The van der Waals surface area contributed by atoms with Crippen molar-refractivity contribution in [1.29, 1.82) is 0 Å². The number of thioether (sulfide) groups is 1. The summed E-state index contributed by atoms with van der Waals surface area (Å²) in [6, 6.07) is 13.6. The van der Waals surface area contributed by atoms with Gasteiger partial charge in [-0.05, 0) is 51.9 Å². The highest BCUT2D eigenvalue weighted by atomic mass is 127. The van der Waals surface area contributed by atoms with Crippen LogP contribution in [0.4, 0.5) is 0 Å². The van der Waals surface area contributed by atoms with Crippen LogP contribution in [0, 0.1) is 3.57 Å². The zero-order valence-electron chi connectivity index (χ0n) is 14.2. The second-order valence-corrected chi connectivity index (χ2v) is 8.33. The molecule has 26 heavy (non-hydrogen) atoms. The summed E-state index contributed by atoms with van der Waals surface area (Å²) < 4.78 is 12.2. The number of thiocarbonyl (C=S) groups is 1. The summed E-state index contributed by atoms with van der Waals surface area (Å²) >= 11 is 8.91. The van der Waals surface area contributed by atoms with Crippen molar-refractivity contribution in [3.05, 3.63) is 62.1 Å². The van der Waals surface area contributed by atoms with Crippen LogP contribution in [0.15, 0.2) is 47.4 Å². The maximum atomic E-state index is 12.8. The van der Waals surface area contributed by atoms with Gasteiger partial charge >= 0.3 is 0 Å². The second kappa shape index (κ2) is 8.41. The number of carbonyl (C=O) groups is 1. The molecule has 0 N–H and O–H groups in total. The predicted molar refractivity (Wildman–Crippen MR) is 117 cm³/mol. The maximum Gasteiger partial charge on any atom is 0.266 e. The van der Waals surface area contributed by atoms with Gasteiger partial charge in [-0.3, -0.25) is 9.69 Å². The van der Waals surface area contributed by atoms with Crippen LogP contribution in [0.2, 0.25) is 0 Å². The number of carbonyl (C=O) groups excluding carboxylic acids is 1. The van der Waals surface area contributed by atoms with Gasteiger partial charge in [0, 0.05) is 0 Å². The number of halogens is 1. The first-order chi connectivity index (χ1) is 12.5. The van der Waals surface area contributed by atoms with Crippen LogP contribution < -0.4 is 9.47 Å². The first-order valence-corrected chi connectivity index (χ1v) is 10.0. The number of hydrogen-bond acceptors (Lipinski definition) is 5. The Balaban J connectivity index is 1.87. The summed E-state index contributed by atoms with van der Waals surface area (Å²) in [6.45, 7) is 0.478. The van der Waals surface area contributed by atoms with E-state index in [1.807, 2.05) is 48.5 Å². The first-order valence-electron chi connectivity index (χ1n) is 7.74. The fraction of sp³-hybridized carbons (Fsp3) is 0.158. The third-order valence-electron chi connectivity index (χ3n) is 3.81. The van der Waals surface area contributed by atoms with Crippen molar-refractivity contribution in [1.82, 2.24) is 4.90 Å². The molecule has 0 saturated carbocycles. The van der Waals surface area contributed by atoms with Crippen LogP contribution in [-0.4, -0.2) is 29.3 Å². The van der Waals surface area contributed by atoms with Crippen LogP contribution >= 0.6 is 46.6 Å². The fourth-order valence-electron chi connectivity index (χ4n) is 2.57. The minimum absolute atomic E-state index is 0.0753. The summed E-state index contributed by atoms with van der Waals surface area (Å²) in [6.07, 6.45) is 1.84. The van der Waals surface area contributed by atoms with E-state index in [0.29, 0.717) is 27.3 Å². The number of amides is 1. The smallest absolute Gasteiger partial charge is 0.266 e. The Labute approximate surface area is 175 Å². The van der Waals surface area contributed by atoms with Crippen molar-refractivity contribution >= 4 is 62.9 Å². The number of rotatable bonds is 5. The standard InChI is InChI=1S/C19H16INO3S2/c1-23-15-9-13(8-14(20)17(15)24-2)10-16-18(22)21(19(25)26-16)11-12-6-4-3-5-7-12/h3-10H,11H2,1-2H3/b16-10-. The zero-order valence-corrected chi connectivity index (χ0v) is 18.0. The Morgan fingerprint density at radius 3 is 2.58 bits per heavy atom. The summed E-state index contributed by atoms with van der Waals surface area (Å²) in [5, 5.41) is 0. The minimum atomic E-state index is -0.0753. The minimum Gasteiger partial charge on any atom is -0.493 e. The molecule has 0 unspecified atom stereocenters. The normalized spacial score (nSPS) is 15.7. The number of methoxy groups -OCH3 is 2. The van der Waals surface area contributed by atoms with E-state index in [-0.39, 0.29) is 5.91 Å². The van der Waals surface area contributed by atoms with Gasteiger partial charge in [0.25, 0.3) is 5.91 Å². The number of nitrogens with zero attached hydrogens (tertiary/aromatic N) is 1. The highest BCUT2D eigenvalue weighted by Gasteiger charge is 2.32. The summed E-state index contributed by atoms with van der Waals surface area (Å²) in [5.74, 6) is 1.24. The summed E-state index contributed by atoms with van der Waals surface area (Å²) in [4.78, 5) is 15.0. The van der Waals surface area contributed by atoms with Crippen molar-refractivity contribution in [2.24, 2.45) is 0 Å². The Morgan fingerprint density at radius 1 is 1.19 bits per heavy atom. The molecule has 1 aliphatic rings. The lowest BCUT2D eigenvalue weighted by Gasteiger charge is -2.14. The first kappa shape index (κ1) is 19.2. The molecule has 4 nitrogen and oxygen atoms in total. The molecule has 2 aromatic carbocycles. The number of ether oxygens (including phenoxy) is 2. The average Bonchev–Trinajstić information content (AvgIpc) is 2.89. The molecule has 0 aliphatic carbocycles. The maximum absolute atomic E-state index is 12.8. The van der Waals surface area contributed by atoms with Gasteiger partial charge in [-0.1, -0.05) is 54.3 Å². The third-order valence-corrected chi connectivity index (χ3v) is 5.99. The quantitative estimate of drug-likeness (QED) is 0.340. The molecule has 1 aliphatic heterocycles. The second-order valence-electron chi connectivity index (χ2n) is 5.49. The average molecular weight is 497 g/mol. The van der Waals surface area contributed by atoms with Crippen LogP contribution in [0.3, 0.4) is 0 Å². The van der Waals surface area contributed by atoms with E-state index in [4.69, 9.17) is 21.7 Å². The molecular formula is C19H16INO3S2. The van der Waals surface area contributed by atoms with Crippen molar-refractivity contribution < 1.29 is 14.3 Å². The number of hydrogen-bond donors (Lipinski definition) is 0. The molecule has 1 amide bonds. The number of benzene rings is 2. The lowest BCUT2D eigenvalue weighted by Crippen LogP contribution is -2.27. The molecule has 1 fully saturated rings. The van der Waals surface area contributed by atoms with E-state index >= 15 is 0 Å². The third kappa shape index (κ3) is 4.05. The lowest BCUT2D eigenvalue weighted by molar-refractivity contribution is -0.122. The molecule has 2 aromatic rings. The van der Waals surface area contributed by atoms with E-state index in [0.717, 1.165) is 14.7 Å². The van der Waals surface area contributed by atoms with Gasteiger partial charge in [-0.25, -0.2) is 0 Å². The molecule has 0 spiro atoms. The van der Waals surface area contributed by atoms with Gasteiger partial charge in [-0.15, -0.1) is 0 Å². The monoisotopic (exact) mass is 497 g/mol. The van der Waals surface area contributed by atoms with Gasteiger partial charge in [-0.2, -0.15) is 0 Å². The van der Waals surface area contributed by atoms with Crippen molar-refractivity contribution in [3.63, 3.8) is 0 Å².